The van der Waals surface area contributed by atoms with E-state index in [9.17, 15) is 9.59 Å². The summed E-state index contributed by atoms with van der Waals surface area (Å²) < 4.78 is 0. The molecule has 96 valence electrons. The van der Waals surface area contributed by atoms with Gasteiger partial charge in [0.05, 0.1) is 5.25 Å². The Morgan fingerprint density at radius 3 is 2.24 bits per heavy atom. The number of piperazine rings is 1. The van der Waals surface area contributed by atoms with E-state index in [0.717, 1.165) is 26.2 Å². The summed E-state index contributed by atoms with van der Waals surface area (Å²) in [6.07, 6.45) is 1.32. The molecule has 0 aromatic rings. The third-order valence-electron chi connectivity index (χ3n) is 3.39. The van der Waals surface area contributed by atoms with Crippen molar-refractivity contribution in [3.63, 3.8) is 0 Å². The highest BCUT2D eigenvalue weighted by Crippen LogP contribution is 2.35. The van der Waals surface area contributed by atoms with Crippen LogP contribution >= 0.6 is 11.8 Å². The molecule has 1 N–H and O–H groups in total. The lowest BCUT2D eigenvalue weighted by Gasteiger charge is -2.33. The van der Waals surface area contributed by atoms with Crippen LogP contribution in [-0.2, 0) is 9.59 Å². The molecule has 2 saturated heterocycles. The molecule has 2 rings (SSSR count). The minimum Gasteiger partial charge on any atom is -0.480 e. The third kappa shape index (κ3) is 2.93. The summed E-state index contributed by atoms with van der Waals surface area (Å²) in [6, 6.07) is 0. The smallest absolute Gasteiger partial charge is 0.316 e. The van der Waals surface area contributed by atoms with Crippen LogP contribution in [0.25, 0.3) is 0 Å². The zero-order valence-electron chi connectivity index (χ0n) is 9.96. The summed E-state index contributed by atoms with van der Waals surface area (Å²) in [5.74, 6) is -0.657. The minimum atomic E-state index is -0.788. The van der Waals surface area contributed by atoms with Crippen LogP contribution in [0.4, 0.5) is 0 Å². The number of carbonyl (C=O) groups excluding carboxylic acids is 1. The largest absolute Gasteiger partial charge is 0.480 e. The van der Waals surface area contributed by atoms with Gasteiger partial charge in [-0.15, -0.1) is 11.8 Å². The number of carboxylic acid groups (broad SMARTS) is 1. The summed E-state index contributed by atoms with van der Waals surface area (Å²) in [7, 11) is 2.05. The molecular formula is C11H18N2O3S. The Kier molecular flexibility index (Phi) is 3.93. The Morgan fingerprint density at radius 2 is 1.71 bits per heavy atom. The van der Waals surface area contributed by atoms with Gasteiger partial charge in [-0.25, -0.2) is 0 Å². The standard InChI is InChI=1S/C11H18N2O3S/c1-12-4-6-13(7-5-12)10(14)8-2-3-9(17-8)11(15)16/h8-9H,2-7H2,1H3,(H,15,16)/t8-,9-/m1/s1. The molecule has 0 aliphatic carbocycles. The average Bonchev–Trinajstić information content (AvgIpc) is 2.78. The van der Waals surface area contributed by atoms with Crippen molar-refractivity contribution in [3.05, 3.63) is 0 Å². The van der Waals surface area contributed by atoms with Crippen LogP contribution in [0.5, 0.6) is 0 Å². The molecule has 0 unspecified atom stereocenters. The SMILES string of the molecule is CN1CCN(C(=O)[C@H]2CC[C@H](C(=O)O)S2)CC1. The summed E-state index contributed by atoms with van der Waals surface area (Å²) in [5.41, 5.74) is 0. The summed E-state index contributed by atoms with van der Waals surface area (Å²) in [5, 5.41) is 8.37. The maximum absolute atomic E-state index is 12.2. The van der Waals surface area contributed by atoms with E-state index < -0.39 is 11.2 Å². The van der Waals surface area contributed by atoms with Gasteiger partial charge in [0.15, 0.2) is 0 Å². The average molecular weight is 258 g/mol. The van der Waals surface area contributed by atoms with Gasteiger partial charge in [0.25, 0.3) is 0 Å². The van der Waals surface area contributed by atoms with Gasteiger partial charge in [0.2, 0.25) is 5.91 Å². The molecule has 0 bridgehead atoms. The fraction of sp³-hybridized carbons (Fsp3) is 0.818. The monoisotopic (exact) mass is 258 g/mol. The number of likely N-dealkylation sites (N-methyl/N-ethyl adjacent to an activating group) is 1. The summed E-state index contributed by atoms with van der Waals surface area (Å²) >= 11 is 1.32. The first-order chi connectivity index (χ1) is 8.08. The first-order valence-corrected chi connectivity index (χ1v) is 6.88. The zero-order chi connectivity index (χ0) is 12.4. The molecular weight excluding hydrogens is 240 g/mol. The van der Waals surface area contributed by atoms with Crippen molar-refractivity contribution in [1.82, 2.24) is 9.80 Å². The quantitative estimate of drug-likeness (QED) is 0.762. The number of hydrogen-bond acceptors (Lipinski definition) is 4. The number of rotatable bonds is 2. The van der Waals surface area contributed by atoms with Crippen molar-refractivity contribution in [2.75, 3.05) is 33.2 Å². The lowest BCUT2D eigenvalue weighted by atomic mass is 10.1. The first-order valence-electron chi connectivity index (χ1n) is 5.93. The molecule has 0 radical (unpaired) electrons. The molecule has 0 spiro atoms. The van der Waals surface area contributed by atoms with Crippen LogP contribution in [-0.4, -0.2) is 70.5 Å². The molecule has 17 heavy (non-hydrogen) atoms. The van der Waals surface area contributed by atoms with E-state index in [-0.39, 0.29) is 11.2 Å². The highest BCUT2D eigenvalue weighted by atomic mass is 32.2. The molecule has 2 aliphatic heterocycles. The van der Waals surface area contributed by atoms with Crippen LogP contribution in [0.3, 0.4) is 0 Å². The van der Waals surface area contributed by atoms with E-state index in [2.05, 4.69) is 4.90 Å². The van der Waals surface area contributed by atoms with Gasteiger partial charge in [0, 0.05) is 26.2 Å². The second kappa shape index (κ2) is 5.27. The van der Waals surface area contributed by atoms with Gasteiger partial charge in [-0.2, -0.15) is 0 Å². The summed E-state index contributed by atoms with van der Waals surface area (Å²) in [6.45, 7) is 3.35. The normalized spacial score (nSPS) is 30.5. The predicted octanol–water partition coefficient (Wildman–Crippen LogP) is 0.109. The highest BCUT2D eigenvalue weighted by molar-refractivity contribution is 8.02. The molecule has 0 saturated carbocycles. The molecule has 1 amide bonds. The third-order valence-corrected chi connectivity index (χ3v) is 4.92. The number of amides is 1. The predicted molar refractivity (Wildman–Crippen MR) is 66.1 cm³/mol. The van der Waals surface area contributed by atoms with E-state index in [1.165, 1.54) is 11.8 Å². The van der Waals surface area contributed by atoms with Crippen molar-refractivity contribution < 1.29 is 14.7 Å². The lowest BCUT2D eigenvalue weighted by molar-refractivity contribution is -0.136. The number of aliphatic carboxylic acids is 1. The molecule has 2 atom stereocenters. The molecule has 5 nitrogen and oxygen atoms in total. The molecule has 2 aliphatic rings. The van der Waals surface area contributed by atoms with Crippen LogP contribution in [0.2, 0.25) is 0 Å². The minimum absolute atomic E-state index is 0.131. The number of thioether (sulfide) groups is 1. The van der Waals surface area contributed by atoms with Crippen LogP contribution in [0, 0.1) is 0 Å². The first kappa shape index (κ1) is 12.7. The number of nitrogens with zero attached hydrogens (tertiary/aromatic N) is 2. The van der Waals surface area contributed by atoms with Crippen molar-refractivity contribution >= 4 is 23.6 Å². The van der Waals surface area contributed by atoms with E-state index in [4.69, 9.17) is 5.11 Å². The Hall–Kier alpha value is -0.750. The van der Waals surface area contributed by atoms with Gasteiger partial charge in [-0.1, -0.05) is 0 Å². The van der Waals surface area contributed by atoms with Gasteiger partial charge < -0.3 is 14.9 Å². The van der Waals surface area contributed by atoms with Crippen LogP contribution in [0.15, 0.2) is 0 Å². The summed E-state index contributed by atoms with van der Waals surface area (Å²) in [4.78, 5) is 27.1. The molecule has 2 heterocycles. The van der Waals surface area contributed by atoms with E-state index in [1.807, 2.05) is 11.9 Å². The van der Waals surface area contributed by atoms with Crippen molar-refractivity contribution in [1.29, 1.82) is 0 Å². The maximum atomic E-state index is 12.2. The van der Waals surface area contributed by atoms with Crippen LogP contribution in [0.1, 0.15) is 12.8 Å². The van der Waals surface area contributed by atoms with Crippen LogP contribution < -0.4 is 0 Å². The van der Waals surface area contributed by atoms with Gasteiger partial charge in [0.1, 0.15) is 5.25 Å². The fourth-order valence-electron chi connectivity index (χ4n) is 2.23. The Morgan fingerprint density at radius 1 is 1.12 bits per heavy atom. The lowest BCUT2D eigenvalue weighted by Crippen LogP contribution is -2.49. The van der Waals surface area contributed by atoms with Gasteiger partial charge in [-0.3, -0.25) is 9.59 Å². The fourth-order valence-corrected chi connectivity index (χ4v) is 3.55. The zero-order valence-corrected chi connectivity index (χ0v) is 10.8. The molecule has 0 aromatic carbocycles. The Balaban J connectivity index is 1.86. The van der Waals surface area contributed by atoms with Crippen molar-refractivity contribution in [3.8, 4) is 0 Å². The second-order valence-electron chi connectivity index (χ2n) is 4.66. The Bertz CT molecular complexity index is 316. The molecule has 0 aromatic heterocycles. The maximum Gasteiger partial charge on any atom is 0.316 e. The van der Waals surface area contributed by atoms with Gasteiger partial charge >= 0.3 is 5.97 Å². The second-order valence-corrected chi connectivity index (χ2v) is 6.07. The topological polar surface area (TPSA) is 60.9 Å². The molecule has 2 fully saturated rings. The number of hydrogen-bond donors (Lipinski definition) is 1. The van der Waals surface area contributed by atoms with E-state index in [0.29, 0.717) is 12.8 Å². The van der Waals surface area contributed by atoms with E-state index in [1.54, 1.807) is 0 Å². The number of carbonyl (C=O) groups is 2. The van der Waals surface area contributed by atoms with Crippen molar-refractivity contribution in [2.45, 2.75) is 23.3 Å². The molecule has 6 heteroatoms. The van der Waals surface area contributed by atoms with Crippen molar-refractivity contribution in [2.24, 2.45) is 0 Å². The highest BCUT2D eigenvalue weighted by Gasteiger charge is 2.37. The Labute approximate surface area is 105 Å². The number of carboxylic acids is 1. The van der Waals surface area contributed by atoms with Gasteiger partial charge in [-0.05, 0) is 19.9 Å². The van der Waals surface area contributed by atoms with E-state index >= 15 is 0 Å².